The molecule has 0 amide bonds. The lowest BCUT2D eigenvalue weighted by Crippen LogP contribution is -2.02. The van der Waals surface area contributed by atoms with E-state index < -0.39 is 5.97 Å². The molecule has 0 N–H and O–H groups in total. The molecule has 0 aromatic heterocycles. The molecular formula is C7H14O4. The van der Waals surface area contributed by atoms with Crippen molar-refractivity contribution in [2.75, 3.05) is 6.61 Å². The highest BCUT2D eigenvalue weighted by atomic mass is 17.5. The molecule has 11 heavy (non-hydrogen) atoms. The van der Waals surface area contributed by atoms with Gasteiger partial charge in [0.1, 0.15) is 0 Å². The Morgan fingerprint density at radius 1 is 1.36 bits per heavy atom. The molecule has 0 spiro atoms. The first-order valence-electron chi connectivity index (χ1n) is 3.74. The van der Waals surface area contributed by atoms with Crippen LogP contribution in [0.15, 0.2) is 0 Å². The summed E-state index contributed by atoms with van der Waals surface area (Å²) in [5.74, 6) is -0.513. The number of carbonyl (C=O) groups excluding carboxylic acids is 1. The summed E-state index contributed by atoms with van der Waals surface area (Å²) in [4.78, 5) is 18.7. The molecule has 4 heteroatoms. The molecule has 0 rings (SSSR count). The zero-order valence-electron chi connectivity index (χ0n) is 6.96. The van der Waals surface area contributed by atoms with E-state index in [-0.39, 0.29) is 0 Å². The third kappa shape index (κ3) is 9.39. The van der Waals surface area contributed by atoms with Gasteiger partial charge in [0.15, 0.2) is 0 Å². The highest BCUT2D eigenvalue weighted by molar-refractivity contribution is 5.65. The van der Waals surface area contributed by atoms with Gasteiger partial charge in [0, 0.05) is 6.92 Å². The Kier molecular flexibility index (Phi) is 7.08. The number of rotatable bonds is 6. The first-order chi connectivity index (χ1) is 5.27. The van der Waals surface area contributed by atoms with Crippen molar-refractivity contribution in [2.24, 2.45) is 0 Å². The number of carbonyl (C=O) groups is 1. The van der Waals surface area contributed by atoms with E-state index in [4.69, 9.17) is 0 Å². The van der Waals surface area contributed by atoms with E-state index in [0.717, 1.165) is 19.3 Å². The summed E-state index contributed by atoms with van der Waals surface area (Å²) >= 11 is 0. The lowest BCUT2D eigenvalue weighted by atomic mass is 10.3. The van der Waals surface area contributed by atoms with Crippen LogP contribution >= 0.6 is 0 Å². The predicted molar refractivity (Wildman–Crippen MR) is 38.3 cm³/mol. The van der Waals surface area contributed by atoms with Crippen molar-refractivity contribution >= 4 is 5.97 Å². The van der Waals surface area contributed by atoms with E-state index >= 15 is 0 Å². The van der Waals surface area contributed by atoms with Gasteiger partial charge in [-0.3, -0.25) is 4.89 Å². The molecule has 0 radical (unpaired) electrons. The molecule has 4 nitrogen and oxygen atoms in total. The molecule has 0 heterocycles. The topological polar surface area (TPSA) is 44.8 Å². The molecule has 0 bridgehead atoms. The van der Waals surface area contributed by atoms with Crippen molar-refractivity contribution in [1.29, 1.82) is 0 Å². The van der Waals surface area contributed by atoms with Gasteiger partial charge in [-0.1, -0.05) is 19.8 Å². The maximum Gasteiger partial charge on any atom is 0.342 e. The third-order valence-electron chi connectivity index (χ3n) is 1.03. The molecular weight excluding hydrogens is 148 g/mol. The smallest absolute Gasteiger partial charge is 0.269 e. The minimum Gasteiger partial charge on any atom is -0.269 e. The lowest BCUT2D eigenvalue weighted by Gasteiger charge is -1.99. The van der Waals surface area contributed by atoms with E-state index in [1.807, 2.05) is 0 Å². The summed E-state index contributed by atoms with van der Waals surface area (Å²) in [7, 11) is 0. The minimum absolute atomic E-state index is 0.459. The molecule has 0 atom stereocenters. The summed E-state index contributed by atoms with van der Waals surface area (Å²) in [5.41, 5.74) is 0. The van der Waals surface area contributed by atoms with E-state index in [9.17, 15) is 4.79 Å². The maximum atomic E-state index is 10.1. The Balaban J connectivity index is 2.85. The van der Waals surface area contributed by atoms with Crippen LogP contribution in [-0.2, 0) is 19.6 Å². The zero-order valence-corrected chi connectivity index (χ0v) is 6.96. The van der Waals surface area contributed by atoms with Crippen molar-refractivity contribution in [3.05, 3.63) is 0 Å². The monoisotopic (exact) mass is 162 g/mol. The second-order valence-electron chi connectivity index (χ2n) is 2.17. The molecule has 0 unspecified atom stereocenters. The van der Waals surface area contributed by atoms with Gasteiger partial charge in [0.05, 0.1) is 6.61 Å². The van der Waals surface area contributed by atoms with Gasteiger partial charge >= 0.3 is 5.97 Å². The second kappa shape index (κ2) is 7.50. The molecule has 0 aliphatic rings. The lowest BCUT2D eigenvalue weighted by molar-refractivity contribution is -0.486. The quantitative estimate of drug-likeness (QED) is 0.338. The first-order valence-corrected chi connectivity index (χ1v) is 3.74. The highest BCUT2D eigenvalue weighted by Gasteiger charge is 1.93. The fraction of sp³-hybridized carbons (Fsp3) is 0.857. The van der Waals surface area contributed by atoms with Gasteiger partial charge in [-0.05, 0) is 11.5 Å². The molecule has 0 aliphatic carbocycles. The second-order valence-corrected chi connectivity index (χ2v) is 2.17. The number of hydrogen-bond acceptors (Lipinski definition) is 4. The average Bonchev–Trinajstić information content (AvgIpc) is 1.96. The van der Waals surface area contributed by atoms with Gasteiger partial charge < -0.3 is 0 Å². The zero-order chi connectivity index (χ0) is 8.53. The van der Waals surface area contributed by atoms with Crippen molar-refractivity contribution in [3.63, 3.8) is 0 Å². The summed E-state index contributed by atoms with van der Waals surface area (Å²) in [6, 6.07) is 0. The van der Waals surface area contributed by atoms with Gasteiger partial charge in [-0.25, -0.2) is 4.79 Å². The van der Waals surface area contributed by atoms with Crippen LogP contribution in [0.2, 0.25) is 0 Å². The number of unbranched alkanes of at least 4 members (excludes halogenated alkanes) is 2. The fourth-order valence-electron chi connectivity index (χ4n) is 0.517. The summed E-state index contributed by atoms with van der Waals surface area (Å²) in [5, 5.41) is 4.09. The Labute approximate surface area is 66.3 Å². The maximum absolute atomic E-state index is 10.1. The average molecular weight is 162 g/mol. The van der Waals surface area contributed by atoms with Crippen LogP contribution in [0.4, 0.5) is 0 Å². The van der Waals surface area contributed by atoms with Crippen LogP contribution in [0.3, 0.4) is 0 Å². The Morgan fingerprint density at radius 3 is 2.64 bits per heavy atom. The van der Waals surface area contributed by atoms with Crippen molar-refractivity contribution in [1.82, 2.24) is 0 Å². The van der Waals surface area contributed by atoms with Crippen LogP contribution in [0.1, 0.15) is 33.1 Å². The van der Waals surface area contributed by atoms with Crippen LogP contribution < -0.4 is 0 Å². The van der Waals surface area contributed by atoms with Gasteiger partial charge in [0.25, 0.3) is 0 Å². The van der Waals surface area contributed by atoms with Crippen LogP contribution in [0, 0.1) is 0 Å². The summed E-state index contributed by atoms with van der Waals surface area (Å²) in [6.45, 7) is 3.80. The van der Waals surface area contributed by atoms with Crippen LogP contribution in [0.5, 0.6) is 0 Å². The van der Waals surface area contributed by atoms with Crippen molar-refractivity contribution in [3.8, 4) is 0 Å². The Bertz CT molecular complexity index is 103. The van der Waals surface area contributed by atoms with Gasteiger partial charge in [-0.2, -0.15) is 4.89 Å². The molecule has 0 saturated carbocycles. The normalized spacial score (nSPS) is 9.64. The van der Waals surface area contributed by atoms with Crippen LogP contribution in [-0.4, -0.2) is 12.6 Å². The van der Waals surface area contributed by atoms with E-state index in [1.165, 1.54) is 6.92 Å². The van der Waals surface area contributed by atoms with Crippen molar-refractivity contribution in [2.45, 2.75) is 33.1 Å². The molecule has 0 aliphatic heterocycles. The largest absolute Gasteiger partial charge is 0.342 e. The Hall–Kier alpha value is -0.610. The molecule has 0 aromatic rings. The van der Waals surface area contributed by atoms with E-state index in [1.54, 1.807) is 0 Å². The molecule has 66 valence electrons. The van der Waals surface area contributed by atoms with E-state index in [0.29, 0.717) is 6.61 Å². The standard InChI is InChI=1S/C7H14O4/c1-3-4-5-6-9-11-10-7(2)8/h3-6H2,1-2H3. The highest BCUT2D eigenvalue weighted by Crippen LogP contribution is 1.94. The van der Waals surface area contributed by atoms with E-state index in [2.05, 4.69) is 21.7 Å². The fourth-order valence-corrected chi connectivity index (χ4v) is 0.517. The summed E-state index contributed by atoms with van der Waals surface area (Å²) in [6.07, 6.45) is 3.12. The Morgan fingerprint density at radius 2 is 2.09 bits per heavy atom. The SMILES string of the molecule is CCCCCOOOC(C)=O. The first kappa shape index (κ1) is 10.4. The van der Waals surface area contributed by atoms with Gasteiger partial charge in [0.2, 0.25) is 0 Å². The minimum atomic E-state index is -0.513. The molecule has 0 fully saturated rings. The summed E-state index contributed by atoms with van der Waals surface area (Å²) < 4.78 is 0. The number of hydrogen-bond donors (Lipinski definition) is 0. The van der Waals surface area contributed by atoms with Crippen LogP contribution in [0.25, 0.3) is 0 Å². The molecule has 0 aromatic carbocycles. The third-order valence-corrected chi connectivity index (χ3v) is 1.03. The van der Waals surface area contributed by atoms with Gasteiger partial charge in [-0.15, -0.1) is 0 Å². The predicted octanol–water partition coefficient (Wildman–Crippen LogP) is 1.60. The molecule has 0 saturated heterocycles. The van der Waals surface area contributed by atoms with Crippen molar-refractivity contribution < 1.29 is 19.6 Å².